The van der Waals surface area contributed by atoms with E-state index in [0.29, 0.717) is 0 Å². The van der Waals surface area contributed by atoms with E-state index >= 15 is 0 Å². The minimum atomic E-state index is -0.966. The lowest BCUT2D eigenvalue weighted by atomic mass is 10.0. The van der Waals surface area contributed by atoms with Crippen molar-refractivity contribution < 1.29 is 28.7 Å². The van der Waals surface area contributed by atoms with Gasteiger partial charge in [0.1, 0.15) is 12.6 Å². The van der Waals surface area contributed by atoms with Crippen LogP contribution >= 0.6 is 0 Å². The van der Waals surface area contributed by atoms with E-state index in [2.05, 4.69) is 41.1 Å². The Bertz CT molecular complexity index is 1260. The van der Waals surface area contributed by atoms with Crippen molar-refractivity contribution in [2.75, 3.05) is 7.11 Å². The quantitative estimate of drug-likeness (QED) is 0.0664. The van der Waals surface area contributed by atoms with Crippen molar-refractivity contribution >= 4 is 17.8 Å². The number of nitrogens with one attached hydrogen (secondary N) is 2. The summed E-state index contributed by atoms with van der Waals surface area (Å²) in [6.45, 7) is 0.318. The van der Waals surface area contributed by atoms with Crippen molar-refractivity contribution in [1.82, 2.24) is 10.8 Å². The van der Waals surface area contributed by atoms with Crippen LogP contribution in [0.4, 0.5) is 0 Å². The zero-order valence-electron chi connectivity index (χ0n) is 27.2. The molecule has 8 nitrogen and oxygen atoms in total. The highest BCUT2D eigenvalue weighted by Gasteiger charge is 2.24. The molecule has 0 bridgehead atoms. The predicted octanol–water partition coefficient (Wildman–Crippen LogP) is 7.01. The van der Waals surface area contributed by atoms with Crippen LogP contribution < -0.4 is 10.8 Å². The van der Waals surface area contributed by atoms with Gasteiger partial charge in [0.25, 0.3) is 5.91 Å². The molecular weight excluding hydrogens is 580 g/mol. The van der Waals surface area contributed by atoms with Gasteiger partial charge in [-0.3, -0.25) is 19.2 Å². The van der Waals surface area contributed by atoms with E-state index in [0.717, 1.165) is 36.8 Å². The monoisotopic (exact) mass is 630 g/mol. The van der Waals surface area contributed by atoms with Gasteiger partial charge in [-0.05, 0) is 42.4 Å². The lowest BCUT2D eigenvalue weighted by molar-refractivity contribution is -0.146. The summed E-state index contributed by atoms with van der Waals surface area (Å²) in [5.74, 6) is -1.30. The fraction of sp³-hybridized carbons (Fsp3) is 0.447. The number of hydrogen-bond acceptors (Lipinski definition) is 6. The third-order valence-electron chi connectivity index (χ3n) is 7.87. The van der Waals surface area contributed by atoms with Crippen LogP contribution in [0.1, 0.15) is 87.3 Å². The Labute approximate surface area is 274 Å². The first-order valence-corrected chi connectivity index (χ1v) is 16.5. The third-order valence-corrected chi connectivity index (χ3v) is 7.87. The van der Waals surface area contributed by atoms with E-state index in [9.17, 15) is 14.4 Å². The molecule has 3 aromatic rings. The number of benzene rings is 3. The summed E-state index contributed by atoms with van der Waals surface area (Å²) >= 11 is 0. The van der Waals surface area contributed by atoms with Crippen molar-refractivity contribution in [3.8, 4) is 0 Å². The maximum atomic E-state index is 13.0. The number of carbonyl (C=O) groups excluding carboxylic acids is 3. The molecule has 46 heavy (non-hydrogen) atoms. The Morgan fingerprint density at radius 2 is 1.20 bits per heavy atom. The first kappa shape index (κ1) is 36.5. The number of esters is 1. The molecule has 2 atom stereocenters. The Morgan fingerprint density at radius 1 is 0.652 bits per heavy atom. The highest BCUT2D eigenvalue weighted by atomic mass is 16.7. The number of unbranched alkanes of at least 4 members (excludes halogenated alkanes) is 6. The molecule has 0 aromatic heterocycles. The van der Waals surface area contributed by atoms with E-state index in [-0.39, 0.29) is 44.5 Å². The van der Waals surface area contributed by atoms with E-state index in [1.54, 1.807) is 7.11 Å². The zero-order valence-corrected chi connectivity index (χ0v) is 27.2. The number of hydroxylamine groups is 1. The second-order valence-corrected chi connectivity index (χ2v) is 11.6. The summed E-state index contributed by atoms with van der Waals surface area (Å²) in [4.78, 5) is 43.8. The first-order valence-electron chi connectivity index (χ1n) is 16.5. The normalized spacial score (nSPS) is 12.2. The summed E-state index contributed by atoms with van der Waals surface area (Å²) in [6, 6.07) is 28.4. The zero-order chi connectivity index (χ0) is 32.7. The molecule has 0 aliphatic rings. The number of carbonyl (C=O) groups is 3. The van der Waals surface area contributed by atoms with Crippen molar-refractivity contribution in [3.63, 3.8) is 0 Å². The van der Waals surface area contributed by atoms with Crippen LogP contribution in [0, 0.1) is 0 Å². The van der Waals surface area contributed by atoms with E-state index in [1.807, 2.05) is 60.7 Å². The number of aryl methyl sites for hydroxylation is 1. The van der Waals surface area contributed by atoms with Crippen LogP contribution in [-0.2, 0) is 48.3 Å². The van der Waals surface area contributed by atoms with Crippen LogP contribution in [-0.4, -0.2) is 37.0 Å². The summed E-state index contributed by atoms with van der Waals surface area (Å²) in [5.41, 5.74) is 5.59. The van der Waals surface area contributed by atoms with Crippen molar-refractivity contribution in [1.29, 1.82) is 0 Å². The molecule has 0 radical (unpaired) electrons. The lowest BCUT2D eigenvalue weighted by Crippen LogP contribution is -2.47. The van der Waals surface area contributed by atoms with Crippen LogP contribution in [0.2, 0.25) is 0 Å². The van der Waals surface area contributed by atoms with Gasteiger partial charge in [-0.15, -0.1) is 0 Å². The molecule has 2 N–H and O–H groups in total. The number of ether oxygens (including phenoxy) is 2. The molecule has 0 spiro atoms. The molecule has 8 heteroatoms. The van der Waals surface area contributed by atoms with Crippen LogP contribution in [0.15, 0.2) is 91.0 Å². The molecule has 0 saturated heterocycles. The van der Waals surface area contributed by atoms with E-state index < -0.39 is 17.9 Å². The first-order chi connectivity index (χ1) is 22.5. The van der Waals surface area contributed by atoms with Crippen molar-refractivity contribution in [2.24, 2.45) is 0 Å². The summed E-state index contributed by atoms with van der Waals surface area (Å²) in [7, 11) is 1.61. The largest absolute Gasteiger partial charge is 0.461 e. The third kappa shape index (κ3) is 15.8. The minimum Gasteiger partial charge on any atom is -0.461 e. The molecular formula is C38H50N2O6. The van der Waals surface area contributed by atoms with Gasteiger partial charge in [-0.25, -0.2) is 5.48 Å². The van der Waals surface area contributed by atoms with Gasteiger partial charge in [-0.1, -0.05) is 130 Å². The summed E-state index contributed by atoms with van der Waals surface area (Å²) in [5, 5.41) is 2.78. The molecule has 248 valence electrons. The maximum Gasteiger partial charge on any atom is 0.306 e. The van der Waals surface area contributed by atoms with Crippen molar-refractivity contribution in [3.05, 3.63) is 108 Å². The molecule has 0 saturated carbocycles. The Balaban J connectivity index is 1.37. The Kier molecular flexibility index (Phi) is 17.8. The van der Waals surface area contributed by atoms with E-state index in [1.165, 1.54) is 37.7 Å². The topological polar surface area (TPSA) is 103 Å². The average molecular weight is 631 g/mol. The Hall–Kier alpha value is -4.01. The number of methoxy groups -OCH3 is 1. The number of hydrogen-bond donors (Lipinski definition) is 2. The SMILES string of the molecule is COC(CCCCCCCCCc1ccccc1)CC(=O)N[C@H](CCC(=O)OCc1ccccc1)C(=O)NOCc1ccccc1. The molecule has 2 amide bonds. The molecule has 3 rings (SSSR count). The summed E-state index contributed by atoms with van der Waals surface area (Å²) in [6.07, 6.45) is 9.96. The van der Waals surface area contributed by atoms with Gasteiger partial charge in [0.05, 0.1) is 19.1 Å². The molecule has 0 aliphatic carbocycles. The second kappa shape index (κ2) is 22.5. The van der Waals surface area contributed by atoms with Crippen LogP contribution in [0.25, 0.3) is 0 Å². The minimum absolute atomic E-state index is 0.0379. The maximum absolute atomic E-state index is 13.0. The van der Waals surface area contributed by atoms with Crippen molar-refractivity contribution in [2.45, 2.75) is 102 Å². The molecule has 0 aliphatic heterocycles. The molecule has 0 heterocycles. The highest BCUT2D eigenvalue weighted by Crippen LogP contribution is 2.15. The molecule has 0 fully saturated rings. The number of rotatable bonds is 23. The van der Waals surface area contributed by atoms with Gasteiger partial charge in [0, 0.05) is 13.5 Å². The fourth-order valence-electron chi connectivity index (χ4n) is 5.17. The van der Waals surface area contributed by atoms with Crippen LogP contribution in [0.5, 0.6) is 0 Å². The Morgan fingerprint density at radius 3 is 1.80 bits per heavy atom. The van der Waals surface area contributed by atoms with Crippen LogP contribution in [0.3, 0.4) is 0 Å². The lowest BCUT2D eigenvalue weighted by Gasteiger charge is -2.20. The highest BCUT2D eigenvalue weighted by molar-refractivity contribution is 5.87. The van der Waals surface area contributed by atoms with Gasteiger partial charge in [-0.2, -0.15) is 0 Å². The fourth-order valence-corrected chi connectivity index (χ4v) is 5.17. The smallest absolute Gasteiger partial charge is 0.306 e. The summed E-state index contributed by atoms with van der Waals surface area (Å²) < 4.78 is 10.9. The average Bonchev–Trinajstić information content (AvgIpc) is 3.09. The standard InChI is InChI=1S/C38H50N2O6/c1-44-34(25-17-6-4-2-3-5-10-18-31-19-11-7-12-20-31)28-36(41)39-35(38(43)40-46-30-33-23-15-9-16-24-33)26-27-37(42)45-29-32-21-13-8-14-22-32/h7-9,11-16,19-24,34-35H,2-6,10,17-18,25-30H2,1H3,(H,39,41)(H,40,43)/t34?,35-/m1/s1. The van der Waals surface area contributed by atoms with Gasteiger partial charge in [0.2, 0.25) is 5.91 Å². The second-order valence-electron chi connectivity index (χ2n) is 11.6. The van der Waals surface area contributed by atoms with Gasteiger partial charge < -0.3 is 14.8 Å². The molecule has 3 aromatic carbocycles. The van der Waals surface area contributed by atoms with Gasteiger partial charge in [0.15, 0.2) is 0 Å². The predicted molar refractivity (Wildman–Crippen MR) is 179 cm³/mol. The molecule has 1 unspecified atom stereocenters. The van der Waals surface area contributed by atoms with Gasteiger partial charge >= 0.3 is 5.97 Å². The number of amides is 2. The van der Waals surface area contributed by atoms with E-state index in [4.69, 9.17) is 14.3 Å².